The first-order valence-corrected chi connectivity index (χ1v) is 13.1. The van der Waals surface area contributed by atoms with Gasteiger partial charge < -0.3 is 5.11 Å². The van der Waals surface area contributed by atoms with Crippen molar-refractivity contribution < 1.29 is 5.11 Å². The number of hydrogen-bond donors (Lipinski definition) is 1. The van der Waals surface area contributed by atoms with Gasteiger partial charge in [-0.1, -0.05) is 57.4 Å². The van der Waals surface area contributed by atoms with Crippen molar-refractivity contribution in [3.63, 3.8) is 0 Å². The minimum absolute atomic E-state index is 0.0565. The Bertz CT molecular complexity index is 723. The van der Waals surface area contributed by atoms with Gasteiger partial charge in [0.05, 0.1) is 6.10 Å². The lowest BCUT2D eigenvalue weighted by atomic mass is 9.45. The average molecular weight is 413 g/mol. The zero-order chi connectivity index (χ0) is 21.9. The van der Waals surface area contributed by atoms with E-state index in [1.54, 1.807) is 0 Å². The second kappa shape index (κ2) is 7.79. The van der Waals surface area contributed by atoms with E-state index >= 15 is 0 Å². The van der Waals surface area contributed by atoms with Crippen molar-refractivity contribution in [2.45, 2.75) is 119 Å². The molecule has 1 N–H and O–H groups in total. The van der Waals surface area contributed by atoms with Crippen LogP contribution in [0.15, 0.2) is 22.8 Å². The molecular weight excluding hydrogens is 364 g/mol. The molecule has 0 saturated heterocycles. The summed E-state index contributed by atoms with van der Waals surface area (Å²) in [5.41, 5.74) is 6.06. The van der Waals surface area contributed by atoms with Crippen molar-refractivity contribution >= 4 is 0 Å². The zero-order valence-electron chi connectivity index (χ0n) is 21.0. The highest BCUT2D eigenvalue weighted by Gasteiger charge is 2.59. The zero-order valence-corrected chi connectivity index (χ0v) is 21.0. The van der Waals surface area contributed by atoms with Gasteiger partial charge in [0.15, 0.2) is 0 Å². The van der Waals surface area contributed by atoms with E-state index in [1.807, 2.05) is 11.1 Å². The summed E-state index contributed by atoms with van der Waals surface area (Å²) in [7, 11) is 0. The molecule has 30 heavy (non-hydrogen) atoms. The van der Waals surface area contributed by atoms with Gasteiger partial charge in [-0.15, -0.1) is 0 Å². The quantitative estimate of drug-likeness (QED) is 0.462. The Labute approximate surface area is 186 Å². The van der Waals surface area contributed by atoms with Crippen LogP contribution in [0.4, 0.5) is 0 Å². The maximum Gasteiger partial charge on any atom is 0.0594 e. The van der Waals surface area contributed by atoms with Crippen molar-refractivity contribution in [3.8, 4) is 0 Å². The summed E-state index contributed by atoms with van der Waals surface area (Å²) < 4.78 is 0. The topological polar surface area (TPSA) is 20.2 Å². The van der Waals surface area contributed by atoms with Gasteiger partial charge in [0.25, 0.3) is 0 Å². The number of rotatable bonds is 4. The van der Waals surface area contributed by atoms with Crippen LogP contribution in [-0.2, 0) is 0 Å². The van der Waals surface area contributed by atoms with Crippen LogP contribution in [0.5, 0.6) is 0 Å². The molecule has 2 unspecified atom stereocenters. The molecule has 0 aromatic carbocycles. The summed E-state index contributed by atoms with van der Waals surface area (Å²) in [4.78, 5) is 0. The van der Waals surface area contributed by atoms with Gasteiger partial charge in [-0.2, -0.15) is 0 Å². The van der Waals surface area contributed by atoms with Crippen LogP contribution >= 0.6 is 0 Å². The standard InChI is InChI=1S/C29H48O/c1-19(2)9-8-10-20(3)21-15-17-28(6)22(21)11-12-24-23(28)13-14-25-27(4,5)26(30)16-18-29(24,25)7/h9,20-22,25-26,30H,8,10-18H2,1-7H3/t20-,21-,22?,25?,26-,28+,29+/m0/s1. The third kappa shape index (κ3) is 3.37. The van der Waals surface area contributed by atoms with Crippen LogP contribution in [0.25, 0.3) is 0 Å². The van der Waals surface area contributed by atoms with E-state index in [0.717, 1.165) is 24.2 Å². The fraction of sp³-hybridized carbons (Fsp3) is 0.862. The van der Waals surface area contributed by atoms with Gasteiger partial charge in [0, 0.05) is 0 Å². The Kier molecular flexibility index (Phi) is 5.87. The monoisotopic (exact) mass is 412 g/mol. The van der Waals surface area contributed by atoms with E-state index in [0.29, 0.717) is 16.7 Å². The summed E-state index contributed by atoms with van der Waals surface area (Å²) in [5.74, 6) is 3.32. The third-order valence-electron chi connectivity index (χ3n) is 10.8. The molecule has 0 spiro atoms. The van der Waals surface area contributed by atoms with Gasteiger partial charge >= 0.3 is 0 Å². The third-order valence-corrected chi connectivity index (χ3v) is 10.8. The van der Waals surface area contributed by atoms with Crippen LogP contribution in [0.3, 0.4) is 0 Å². The van der Waals surface area contributed by atoms with Crippen LogP contribution < -0.4 is 0 Å². The first-order chi connectivity index (χ1) is 14.0. The largest absolute Gasteiger partial charge is 0.393 e. The summed E-state index contributed by atoms with van der Waals surface area (Å²) in [6.07, 6.45) is 15.3. The molecule has 0 aliphatic heterocycles. The molecule has 4 aliphatic carbocycles. The molecule has 0 aromatic rings. The molecule has 0 aromatic heterocycles. The Morgan fingerprint density at radius 2 is 1.60 bits per heavy atom. The van der Waals surface area contributed by atoms with E-state index in [9.17, 15) is 5.11 Å². The molecule has 2 saturated carbocycles. The predicted molar refractivity (Wildman–Crippen MR) is 128 cm³/mol. The Morgan fingerprint density at radius 1 is 0.967 bits per heavy atom. The molecule has 0 bridgehead atoms. The second-order valence-electron chi connectivity index (χ2n) is 12.9. The fourth-order valence-electron chi connectivity index (χ4n) is 9.00. The van der Waals surface area contributed by atoms with Crippen molar-refractivity contribution in [1.82, 2.24) is 0 Å². The lowest BCUT2D eigenvalue weighted by Gasteiger charge is -2.60. The average Bonchev–Trinajstić information content (AvgIpc) is 3.02. The normalized spacial score (nSPS) is 43.5. The first-order valence-electron chi connectivity index (χ1n) is 13.1. The summed E-state index contributed by atoms with van der Waals surface area (Å²) in [5, 5.41) is 10.8. The van der Waals surface area contributed by atoms with Crippen LogP contribution in [-0.4, -0.2) is 11.2 Å². The number of aliphatic hydroxyl groups is 1. The second-order valence-corrected chi connectivity index (χ2v) is 12.9. The van der Waals surface area contributed by atoms with Gasteiger partial charge in [0.1, 0.15) is 0 Å². The molecule has 0 amide bonds. The molecule has 1 nitrogen and oxygen atoms in total. The lowest BCUT2D eigenvalue weighted by Crippen LogP contribution is -2.53. The van der Waals surface area contributed by atoms with Crippen LogP contribution in [0, 0.1) is 39.9 Å². The minimum Gasteiger partial charge on any atom is -0.393 e. The van der Waals surface area contributed by atoms with Gasteiger partial charge in [-0.25, -0.2) is 0 Å². The molecule has 2 fully saturated rings. The summed E-state index contributed by atoms with van der Waals surface area (Å²) >= 11 is 0. The van der Waals surface area contributed by atoms with Crippen LogP contribution in [0.2, 0.25) is 0 Å². The number of allylic oxidation sites excluding steroid dienone is 4. The van der Waals surface area contributed by atoms with E-state index in [-0.39, 0.29) is 11.5 Å². The summed E-state index contributed by atoms with van der Waals surface area (Å²) in [6, 6.07) is 0. The smallest absolute Gasteiger partial charge is 0.0594 e. The van der Waals surface area contributed by atoms with Crippen LogP contribution in [0.1, 0.15) is 113 Å². The number of aliphatic hydroxyl groups excluding tert-OH is 1. The molecule has 4 aliphatic rings. The fourth-order valence-corrected chi connectivity index (χ4v) is 9.00. The van der Waals surface area contributed by atoms with E-state index < -0.39 is 0 Å². The molecule has 170 valence electrons. The molecular formula is C29H48O. The number of fused-ring (bicyclic) bond motifs is 4. The van der Waals surface area contributed by atoms with Gasteiger partial charge in [0.2, 0.25) is 0 Å². The maximum atomic E-state index is 10.8. The highest BCUT2D eigenvalue weighted by atomic mass is 16.3. The van der Waals surface area contributed by atoms with E-state index in [4.69, 9.17) is 0 Å². The first kappa shape index (κ1) is 22.6. The predicted octanol–water partition coefficient (Wildman–Crippen LogP) is 8.09. The summed E-state index contributed by atoms with van der Waals surface area (Å²) in [6.45, 7) is 16.9. The molecule has 0 heterocycles. The minimum atomic E-state index is -0.123. The SMILES string of the molecule is CC(C)=CCC[C@H](C)[C@@H]1CC[C@@]2(C)C3=C(CCC12)[C@@]1(C)CC[C@H](O)C(C)(C)C1CC3. The van der Waals surface area contributed by atoms with Gasteiger partial charge in [-0.3, -0.25) is 0 Å². The van der Waals surface area contributed by atoms with Gasteiger partial charge in [-0.05, 0) is 118 Å². The Balaban J connectivity index is 1.59. The van der Waals surface area contributed by atoms with E-state index in [2.05, 4.69) is 54.5 Å². The van der Waals surface area contributed by atoms with E-state index in [1.165, 1.54) is 63.4 Å². The Hall–Kier alpha value is -0.560. The van der Waals surface area contributed by atoms with Crippen molar-refractivity contribution in [2.24, 2.45) is 39.9 Å². The molecule has 0 radical (unpaired) electrons. The maximum absolute atomic E-state index is 10.8. The molecule has 7 atom stereocenters. The van der Waals surface area contributed by atoms with Crippen molar-refractivity contribution in [3.05, 3.63) is 22.8 Å². The van der Waals surface area contributed by atoms with Crippen molar-refractivity contribution in [1.29, 1.82) is 0 Å². The molecule has 4 rings (SSSR count). The highest BCUT2D eigenvalue weighted by Crippen LogP contribution is 2.68. The molecule has 1 heteroatoms. The highest BCUT2D eigenvalue weighted by molar-refractivity contribution is 5.37. The number of hydrogen-bond acceptors (Lipinski definition) is 1. The van der Waals surface area contributed by atoms with Crippen molar-refractivity contribution in [2.75, 3.05) is 0 Å². The Morgan fingerprint density at radius 3 is 2.30 bits per heavy atom. The lowest BCUT2D eigenvalue weighted by molar-refractivity contribution is -0.0931.